The Morgan fingerprint density at radius 2 is 2.00 bits per heavy atom. The molecule has 1 aromatic carbocycles. The molecule has 0 amide bonds. The van der Waals surface area contributed by atoms with Crippen molar-refractivity contribution in [3.8, 4) is 5.75 Å². The summed E-state index contributed by atoms with van der Waals surface area (Å²) in [6, 6.07) is 7.50. The summed E-state index contributed by atoms with van der Waals surface area (Å²) in [5, 5.41) is 39.8. The van der Waals surface area contributed by atoms with E-state index in [4.69, 9.17) is 14.6 Å². The van der Waals surface area contributed by atoms with E-state index >= 15 is 0 Å². The molecule has 3 rings (SSSR count). The third-order valence-electron chi connectivity index (χ3n) is 5.68. The summed E-state index contributed by atoms with van der Waals surface area (Å²) in [5.74, 6) is -0.596. The highest BCUT2D eigenvalue weighted by Crippen LogP contribution is 2.36. The Bertz CT molecular complexity index is 760. The molecule has 1 heterocycles. The van der Waals surface area contributed by atoms with Crippen LogP contribution in [0.15, 0.2) is 48.6 Å². The summed E-state index contributed by atoms with van der Waals surface area (Å²) in [6.45, 7) is 0.353. The quantitative estimate of drug-likeness (QED) is 0.359. The molecule has 1 aliphatic carbocycles. The maximum Gasteiger partial charge on any atom is 0.303 e. The number of aliphatic carboxylic acids is 1. The number of benzene rings is 1. The Morgan fingerprint density at radius 3 is 2.80 bits per heavy atom. The minimum absolute atomic E-state index is 0.133. The lowest BCUT2D eigenvalue weighted by molar-refractivity contribution is -0.152. The lowest BCUT2D eigenvalue weighted by atomic mass is 9.89. The zero-order valence-corrected chi connectivity index (χ0v) is 16.8. The fourth-order valence-corrected chi connectivity index (χ4v) is 4.02. The van der Waals surface area contributed by atoms with E-state index in [0.29, 0.717) is 31.6 Å². The molecule has 4 N–H and O–H groups in total. The number of allylic oxidation sites excluding steroid dienone is 2. The van der Waals surface area contributed by atoms with Gasteiger partial charge in [0.05, 0.1) is 18.8 Å². The second-order valence-corrected chi connectivity index (χ2v) is 7.89. The van der Waals surface area contributed by atoms with Crippen molar-refractivity contribution in [3.63, 3.8) is 0 Å². The molecular weight excluding hydrogens is 388 g/mol. The van der Waals surface area contributed by atoms with Crippen molar-refractivity contribution in [2.24, 2.45) is 11.8 Å². The van der Waals surface area contributed by atoms with E-state index in [1.807, 2.05) is 36.4 Å². The molecule has 1 saturated carbocycles. The first-order chi connectivity index (χ1) is 14.5. The van der Waals surface area contributed by atoms with Crippen molar-refractivity contribution >= 4 is 5.97 Å². The fourth-order valence-electron chi connectivity index (χ4n) is 4.02. The summed E-state index contributed by atoms with van der Waals surface area (Å²) in [4.78, 5) is 10.5. The molecule has 0 unspecified atom stereocenters. The van der Waals surface area contributed by atoms with Gasteiger partial charge in [-0.2, -0.15) is 0 Å². The predicted molar refractivity (Wildman–Crippen MR) is 110 cm³/mol. The van der Waals surface area contributed by atoms with Gasteiger partial charge in [0.15, 0.2) is 0 Å². The number of para-hydroxylation sites is 1. The number of rotatable bonds is 9. The Labute approximate surface area is 176 Å². The molecule has 0 aromatic heterocycles. The molecule has 0 bridgehead atoms. The predicted octanol–water partition coefficient (Wildman–Crippen LogP) is 2.40. The average Bonchev–Trinajstić information content (AvgIpc) is 3.00. The number of unbranched alkanes of at least 4 members (excludes halogenated alkanes) is 1. The van der Waals surface area contributed by atoms with Crippen LogP contribution < -0.4 is 4.74 Å². The number of carboxylic acid groups (broad SMARTS) is 1. The highest BCUT2D eigenvalue weighted by Gasteiger charge is 2.39. The minimum atomic E-state index is -1.00. The number of aliphatic hydroxyl groups is 3. The normalized spacial score (nSPS) is 29.8. The summed E-state index contributed by atoms with van der Waals surface area (Å²) >= 11 is 0. The smallest absolute Gasteiger partial charge is 0.303 e. The lowest BCUT2D eigenvalue weighted by Crippen LogP contribution is -2.36. The first kappa shape index (κ1) is 22.5. The summed E-state index contributed by atoms with van der Waals surface area (Å²) in [7, 11) is 0. The maximum atomic E-state index is 10.5. The van der Waals surface area contributed by atoms with Crippen LogP contribution in [0.1, 0.15) is 37.7 Å². The van der Waals surface area contributed by atoms with Crippen molar-refractivity contribution in [3.05, 3.63) is 54.1 Å². The van der Waals surface area contributed by atoms with Crippen molar-refractivity contribution < 1.29 is 34.7 Å². The monoisotopic (exact) mass is 418 g/mol. The summed E-state index contributed by atoms with van der Waals surface area (Å²) < 4.78 is 11.3. The zero-order valence-electron chi connectivity index (χ0n) is 16.8. The van der Waals surface area contributed by atoms with Crippen LogP contribution in [0.25, 0.3) is 0 Å². The Balaban J connectivity index is 1.54. The topological polar surface area (TPSA) is 116 Å². The molecule has 7 nitrogen and oxygen atoms in total. The second-order valence-electron chi connectivity index (χ2n) is 7.89. The van der Waals surface area contributed by atoms with Crippen molar-refractivity contribution in [2.75, 3.05) is 0 Å². The SMILES string of the molecule is O=C(O)CCCC=CC[C@@H]1[C@@H](C=C[C@@H](O)[C@H]2OCc3ccccc3O2)[C@H](O)C[C@@H]1O. The molecule has 7 heteroatoms. The van der Waals surface area contributed by atoms with Gasteiger partial charge < -0.3 is 29.9 Å². The van der Waals surface area contributed by atoms with Gasteiger partial charge in [-0.25, -0.2) is 0 Å². The highest BCUT2D eigenvalue weighted by molar-refractivity contribution is 5.66. The first-order valence-electron chi connectivity index (χ1n) is 10.4. The van der Waals surface area contributed by atoms with Crippen LogP contribution in [0.4, 0.5) is 0 Å². The van der Waals surface area contributed by atoms with E-state index in [-0.39, 0.29) is 24.7 Å². The van der Waals surface area contributed by atoms with Gasteiger partial charge in [0.1, 0.15) is 11.9 Å². The molecule has 6 atom stereocenters. The largest absolute Gasteiger partial charge is 0.481 e. The lowest BCUT2D eigenvalue weighted by Gasteiger charge is -2.28. The van der Waals surface area contributed by atoms with Crippen LogP contribution in [0, 0.1) is 11.8 Å². The Morgan fingerprint density at radius 1 is 1.20 bits per heavy atom. The average molecular weight is 418 g/mol. The van der Waals surface area contributed by atoms with Gasteiger partial charge in [0.2, 0.25) is 6.29 Å². The number of aliphatic hydroxyl groups excluding tert-OH is 3. The molecule has 0 saturated heterocycles. The molecule has 1 aliphatic heterocycles. The van der Waals surface area contributed by atoms with E-state index in [0.717, 1.165) is 5.56 Å². The van der Waals surface area contributed by atoms with E-state index in [1.165, 1.54) is 0 Å². The molecule has 1 aromatic rings. The Kier molecular flexibility index (Phi) is 8.04. The molecule has 1 fully saturated rings. The highest BCUT2D eigenvalue weighted by atomic mass is 16.7. The van der Waals surface area contributed by atoms with Crippen LogP contribution in [-0.2, 0) is 16.1 Å². The van der Waals surface area contributed by atoms with Gasteiger partial charge in [-0.1, -0.05) is 42.5 Å². The molecule has 0 spiro atoms. The summed E-state index contributed by atoms with van der Waals surface area (Å²) in [5.41, 5.74) is 0.925. The number of carbonyl (C=O) groups is 1. The second kappa shape index (κ2) is 10.7. The van der Waals surface area contributed by atoms with Crippen LogP contribution in [-0.4, -0.2) is 51.0 Å². The molecule has 2 aliphatic rings. The van der Waals surface area contributed by atoms with Gasteiger partial charge in [0, 0.05) is 24.3 Å². The van der Waals surface area contributed by atoms with Gasteiger partial charge in [-0.3, -0.25) is 4.79 Å². The molecule has 30 heavy (non-hydrogen) atoms. The number of fused-ring (bicyclic) bond motifs is 1. The van der Waals surface area contributed by atoms with Gasteiger partial charge >= 0.3 is 5.97 Å². The van der Waals surface area contributed by atoms with Gasteiger partial charge in [-0.15, -0.1) is 0 Å². The molecular formula is C23H30O7. The van der Waals surface area contributed by atoms with Gasteiger partial charge in [0.25, 0.3) is 0 Å². The van der Waals surface area contributed by atoms with E-state index in [2.05, 4.69) is 0 Å². The number of ether oxygens (including phenoxy) is 2. The number of carboxylic acids is 1. The minimum Gasteiger partial charge on any atom is -0.481 e. The van der Waals surface area contributed by atoms with Gasteiger partial charge in [-0.05, 0) is 31.2 Å². The third-order valence-corrected chi connectivity index (χ3v) is 5.68. The summed E-state index contributed by atoms with van der Waals surface area (Å²) in [6.07, 6.45) is 6.20. The molecule has 164 valence electrons. The van der Waals surface area contributed by atoms with Crippen LogP contribution in [0.3, 0.4) is 0 Å². The van der Waals surface area contributed by atoms with Crippen LogP contribution in [0.2, 0.25) is 0 Å². The van der Waals surface area contributed by atoms with Crippen molar-refractivity contribution in [1.82, 2.24) is 0 Å². The first-order valence-corrected chi connectivity index (χ1v) is 10.4. The van der Waals surface area contributed by atoms with E-state index in [1.54, 1.807) is 12.2 Å². The number of hydrogen-bond donors (Lipinski definition) is 4. The standard InChI is InChI=1S/C23H30O7/c24-18(23-29-14-15-7-5-6-9-21(15)30-23)12-11-17-16(19(25)13-20(17)26)8-3-1-2-4-10-22(27)28/h1,3,5-7,9,11-12,16-20,23-26H,2,4,8,10,13-14H2,(H,27,28)/t16-,17-,18-,19+,20-,23+/m1/s1. The third kappa shape index (κ3) is 5.92. The number of hydrogen-bond acceptors (Lipinski definition) is 6. The van der Waals surface area contributed by atoms with Crippen LogP contribution >= 0.6 is 0 Å². The fraction of sp³-hybridized carbons (Fsp3) is 0.522. The van der Waals surface area contributed by atoms with E-state index in [9.17, 15) is 20.1 Å². The maximum absolute atomic E-state index is 10.5. The van der Waals surface area contributed by atoms with Crippen molar-refractivity contribution in [2.45, 2.75) is 63.3 Å². The van der Waals surface area contributed by atoms with Crippen molar-refractivity contribution in [1.29, 1.82) is 0 Å². The molecule has 0 radical (unpaired) electrons. The Hall–Kier alpha value is -2.19. The van der Waals surface area contributed by atoms with Crippen LogP contribution in [0.5, 0.6) is 5.75 Å². The van der Waals surface area contributed by atoms with E-state index < -0.39 is 30.6 Å². The zero-order chi connectivity index (χ0) is 21.5.